The van der Waals surface area contributed by atoms with Crippen LogP contribution in [-0.4, -0.2) is 31.5 Å². The fourth-order valence-electron chi connectivity index (χ4n) is 3.23. The molecule has 0 saturated carbocycles. The predicted octanol–water partition coefficient (Wildman–Crippen LogP) is 3.17. The summed E-state index contributed by atoms with van der Waals surface area (Å²) < 4.78 is 27.3. The van der Waals surface area contributed by atoms with Gasteiger partial charge in [0.05, 0.1) is 17.1 Å². The number of urea groups is 1. The number of amides is 2. The smallest absolute Gasteiger partial charge is 0.316 e. The topological polar surface area (TPSA) is 78.5 Å². The van der Waals surface area contributed by atoms with Crippen LogP contribution in [0.1, 0.15) is 36.9 Å². The van der Waals surface area contributed by atoms with Crippen LogP contribution in [0.4, 0.5) is 4.79 Å². The Bertz CT molecular complexity index is 882. The first-order chi connectivity index (χ1) is 12.9. The highest BCUT2D eigenvalue weighted by atomic mass is 32.2. The fourth-order valence-corrected chi connectivity index (χ4v) is 4.85. The minimum absolute atomic E-state index is 0.172. The molecule has 1 heterocycles. The molecule has 6 nitrogen and oxygen atoms in total. The second-order valence-corrected chi connectivity index (χ2v) is 8.73. The average molecular weight is 388 g/mol. The van der Waals surface area contributed by atoms with Gasteiger partial charge in [-0.05, 0) is 44.4 Å². The second kappa shape index (κ2) is 8.10. The van der Waals surface area contributed by atoms with E-state index in [1.165, 1.54) is 4.31 Å². The summed E-state index contributed by atoms with van der Waals surface area (Å²) in [4.78, 5) is 12.6. The summed E-state index contributed by atoms with van der Waals surface area (Å²) >= 11 is 0. The molecule has 0 bridgehead atoms. The van der Waals surface area contributed by atoms with Crippen LogP contribution in [0.25, 0.3) is 0 Å². The highest BCUT2D eigenvalue weighted by Gasteiger charge is 2.36. The first-order valence-electron chi connectivity index (χ1n) is 9.08. The number of sulfonamides is 1. The van der Waals surface area contributed by atoms with Gasteiger partial charge in [-0.2, -0.15) is 4.31 Å². The van der Waals surface area contributed by atoms with E-state index in [0.717, 1.165) is 11.1 Å². The van der Waals surface area contributed by atoms with Gasteiger partial charge in [0, 0.05) is 6.54 Å². The molecule has 1 aliphatic rings. The van der Waals surface area contributed by atoms with Crippen molar-refractivity contribution in [3.05, 3.63) is 65.7 Å². The minimum Gasteiger partial charge on any atom is -0.332 e. The highest BCUT2D eigenvalue weighted by molar-refractivity contribution is 7.89. The van der Waals surface area contributed by atoms with Gasteiger partial charge in [-0.3, -0.25) is 0 Å². The van der Waals surface area contributed by atoms with Crippen LogP contribution in [-0.2, 0) is 10.0 Å². The third kappa shape index (κ3) is 4.48. The van der Waals surface area contributed by atoms with Crippen molar-refractivity contribution in [3.63, 3.8) is 0 Å². The Morgan fingerprint density at radius 1 is 1.11 bits per heavy atom. The zero-order valence-corrected chi connectivity index (χ0v) is 16.4. The van der Waals surface area contributed by atoms with Crippen molar-refractivity contribution < 1.29 is 13.2 Å². The molecule has 2 aromatic rings. The third-order valence-corrected chi connectivity index (χ3v) is 6.70. The van der Waals surface area contributed by atoms with Gasteiger partial charge in [-0.15, -0.1) is 0 Å². The SMILES string of the molecule is Cc1ccc(S(=O)(=O)N2CCC[C@@H]2NC(=O)N[C@@H](C)c2ccccc2)cc1. The lowest BCUT2D eigenvalue weighted by atomic mass is 10.1. The van der Waals surface area contributed by atoms with E-state index in [-0.39, 0.29) is 17.0 Å². The number of benzene rings is 2. The van der Waals surface area contributed by atoms with Crippen molar-refractivity contribution in [3.8, 4) is 0 Å². The van der Waals surface area contributed by atoms with Gasteiger partial charge in [0.1, 0.15) is 0 Å². The molecule has 0 spiro atoms. The van der Waals surface area contributed by atoms with E-state index in [9.17, 15) is 13.2 Å². The number of rotatable bonds is 5. The summed E-state index contributed by atoms with van der Waals surface area (Å²) in [5.41, 5.74) is 1.99. The summed E-state index contributed by atoms with van der Waals surface area (Å²) in [6.07, 6.45) is 0.766. The van der Waals surface area contributed by atoms with Crippen LogP contribution in [0.15, 0.2) is 59.5 Å². The minimum atomic E-state index is -3.64. The van der Waals surface area contributed by atoms with Gasteiger partial charge in [-0.25, -0.2) is 13.2 Å². The maximum absolute atomic E-state index is 12.9. The number of carbonyl (C=O) groups excluding carboxylic acids is 1. The number of hydrogen-bond donors (Lipinski definition) is 2. The molecule has 27 heavy (non-hydrogen) atoms. The van der Waals surface area contributed by atoms with Crippen molar-refractivity contribution in [1.29, 1.82) is 0 Å². The largest absolute Gasteiger partial charge is 0.332 e. The van der Waals surface area contributed by atoms with Gasteiger partial charge < -0.3 is 10.6 Å². The summed E-state index contributed by atoms with van der Waals surface area (Å²) in [6.45, 7) is 4.20. The Hall–Kier alpha value is -2.38. The number of carbonyl (C=O) groups is 1. The van der Waals surface area contributed by atoms with E-state index >= 15 is 0 Å². The molecular weight excluding hydrogens is 362 g/mol. The molecule has 144 valence electrons. The number of hydrogen-bond acceptors (Lipinski definition) is 3. The maximum atomic E-state index is 12.9. The van der Waals surface area contributed by atoms with E-state index in [0.29, 0.717) is 19.4 Å². The average Bonchev–Trinajstić information content (AvgIpc) is 3.11. The van der Waals surface area contributed by atoms with Crippen LogP contribution in [0.5, 0.6) is 0 Å². The van der Waals surface area contributed by atoms with E-state index in [2.05, 4.69) is 10.6 Å². The van der Waals surface area contributed by atoms with Gasteiger partial charge in [0.25, 0.3) is 0 Å². The highest BCUT2D eigenvalue weighted by Crippen LogP contribution is 2.25. The zero-order valence-electron chi connectivity index (χ0n) is 15.6. The lowest BCUT2D eigenvalue weighted by molar-refractivity contribution is 0.225. The quantitative estimate of drug-likeness (QED) is 0.827. The Morgan fingerprint density at radius 3 is 2.44 bits per heavy atom. The lowest BCUT2D eigenvalue weighted by Gasteiger charge is -2.26. The Morgan fingerprint density at radius 2 is 1.78 bits per heavy atom. The van der Waals surface area contributed by atoms with Crippen LogP contribution in [0.3, 0.4) is 0 Å². The first kappa shape index (κ1) is 19.4. The van der Waals surface area contributed by atoms with Crippen LogP contribution in [0, 0.1) is 6.92 Å². The zero-order chi connectivity index (χ0) is 19.4. The van der Waals surface area contributed by atoms with Crippen molar-refractivity contribution in [2.75, 3.05) is 6.54 Å². The molecule has 0 unspecified atom stereocenters. The van der Waals surface area contributed by atoms with Gasteiger partial charge in [-0.1, -0.05) is 48.0 Å². The monoisotopic (exact) mass is 387 g/mol. The Balaban J connectivity index is 1.67. The molecule has 2 N–H and O–H groups in total. The van der Waals surface area contributed by atoms with Crippen molar-refractivity contribution >= 4 is 16.1 Å². The van der Waals surface area contributed by atoms with Crippen molar-refractivity contribution in [2.45, 2.75) is 43.8 Å². The summed E-state index contributed by atoms with van der Waals surface area (Å²) in [5.74, 6) is 0. The molecule has 1 saturated heterocycles. The molecule has 1 aliphatic heterocycles. The first-order valence-corrected chi connectivity index (χ1v) is 10.5. The molecule has 1 fully saturated rings. The van der Waals surface area contributed by atoms with E-state index < -0.39 is 16.2 Å². The fraction of sp³-hybridized carbons (Fsp3) is 0.350. The van der Waals surface area contributed by atoms with Crippen LogP contribution >= 0.6 is 0 Å². The van der Waals surface area contributed by atoms with Gasteiger partial charge >= 0.3 is 6.03 Å². The van der Waals surface area contributed by atoms with Crippen LogP contribution in [0.2, 0.25) is 0 Å². The predicted molar refractivity (Wildman–Crippen MR) is 105 cm³/mol. The lowest BCUT2D eigenvalue weighted by Crippen LogP contribution is -2.50. The van der Waals surface area contributed by atoms with Gasteiger partial charge in [0.15, 0.2) is 0 Å². The molecular formula is C20H25N3O3S. The number of aryl methyl sites for hydroxylation is 1. The number of nitrogens with zero attached hydrogens (tertiary/aromatic N) is 1. The summed E-state index contributed by atoms with van der Waals surface area (Å²) in [5, 5.41) is 5.68. The summed E-state index contributed by atoms with van der Waals surface area (Å²) in [6, 6.07) is 15.9. The second-order valence-electron chi connectivity index (χ2n) is 6.84. The van der Waals surface area contributed by atoms with Crippen molar-refractivity contribution in [1.82, 2.24) is 14.9 Å². The Labute approximate surface area is 160 Å². The van der Waals surface area contributed by atoms with Gasteiger partial charge in [0.2, 0.25) is 10.0 Å². The maximum Gasteiger partial charge on any atom is 0.316 e. The molecule has 3 rings (SSSR count). The van der Waals surface area contributed by atoms with Crippen molar-refractivity contribution in [2.24, 2.45) is 0 Å². The third-order valence-electron chi connectivity index (χ3n) is 4.78. The normalized spacial score (nSPS) is 18.8. The molecule has 0 radical (unpaired) electrons. The van der Waals surface area contributed by atoms with E-state index in [1.54, 1.807) is 24.3 Å². The molecule has 0 aromatic heterocycles. The summed E-state index contributed by atoms with van der Waals surface area (Å²) in [7, 11) is -3.64. The molecule has 7 heteroatoms. The Kier molecular flexibility index (Phi) is 5.82. The molecule has 2 aromatic carbocycles. The van der Waals surface area contributed by atoms with E-state index in [4.69, 9.17) is 0 Å². The molecule has 0 aliphatic carbocycles. The van der Waals surface area contributed by atoms with Crippen LogP contribution < -0.4 is 10.6 Å². The molecule has 2 atom stereocenters. The number of nitrogens with one attached hydrogen (secondary N) is 2. The van der Waals surface area contributed by atoms with E-state index in [1.807, 2.05) is 44.2 Å². The molecule has 2 amide bonds. The standard InChI is InChI=1S/C20H25N3O3S/c1-15-10-12-18(13-11-15)27(25,26)23-14-6-9-19(23)22-20(24)21-16(2)17-7-4-3-5-8-17/h3-5,7-8,10-13,16,19H,6,9,14H2,1-2H3,(H2,21,22,24)/t16-,19+/m0/s1.